The summed E-state index contributed by atoms with van der Waals surface area (Å²) >= 11 is 0. The summed E-state index contributed by atoms with van der Waals surface area (Å²) in [4.78, 5) is 35.6. The van der Waals surface area contributed by atoms with Gasteiger partial charge in [-0.2, -0.15) is 0 Å². The van der Waals surface area contributed by atoms with E-state index in [2.05, 4.69) is 22.1 Å². The number of imide groups is 1. The van der Waals surface area contributed by atoms with Crippen LogP contribution in [-0.2, 0) is 9.59 Å². The highest BCUT2D eigenvalue weighted by molar-refractivity contribution is 5.98. The van der Waals surface area contributed by atoms with Crippen LogP contribution in [0, 0.1) is 6.92 Å². The van der Waals surface area contributed by atoms with E-state index in [0.717, 1.165) is 49.8 Å². The fraction of sp³-hybridized carbons (Fsp3) is 0.314. The number of rotatable bonds is 9. The Morgan fingerprint density at radius 1 is 0.886 bits per heavy atom. The van der Waals surface area contributed by atoms with Crippen LogP contribution >= 0.6 is 0 Å². The molecule has 3 aromatic carbocycles. The fourth-order valence-electron chi connectivity index (χ4n) is 6.49. The Hall–Kier alpha value is -4.92. The fourth-order valence-corrected chi connectivity index (χ4v) is 6.49. The van der Waals surface area contributed by atoms with Crippen molar-refractivity contribution in [2.75, 3.05) is 35.0 Å². The Kier molecular flexibility index (Phi) is 7.95. The molecule has 6 rings (SSSR count). The van der Waals surface area contributed by atoms with Crippen molar-refractivity contribution < 1.29 is 28.5 Å². The number of likely N-dealkylation sites (tertiary alicyclic amines) is 1. The molecule has 228 valence electrons. The molecule has 0 radical (unpaired) electrons. The quantitative estimate of drug-likeness (QED) is 0.203. The molecule has 9 nitrogen and oxygen atoms in total. The van der Waals surface area contributed by atoms with Crippen LogP contribution < -0.4 is 18.9 Å². The minimum Gasteiger partial charge on any atom is -0.497 e. The van der Waals surface area contributed by atoms with Crippen molar-refractivity contribution in [2.45, 2.75) is 38.0 Å². The second-order valence-corrected chi connectivity index (χ2v) is 11.3. The second-order valence-electron chi connectivity index (χ2n) is 11.3. The van der Waals surface area contributed by atoms with E-state index < -0.39 is 0 Å². The number of aryl methyl sites for hydroxylation is 1. The maximum Gasteiger partial charge on any atom is 0.230 e. The maximum absolute atomic E-state index is 14.0. The standard InChI is InChI=1S/C35H37N3O6/c1-20-6-8-29-25(12-20)28(19-37-29)24(22-13-31(42-3)35(44-5)32(14-22)43-4)17-34(40)38-11-10-21(15-33(38)39)27-18-36-30-9-7-23(41-2)16-26(27)30/h6-9,12-14,16,18-19,21,24,36-37H,10-11,15,17H2,1-5H3. The van der Waals surface area contributed by atoms with Crippen molar-refractivity contribution in [3.05, 3.63) is 83.2 Å². The summed E-state index contributed by atoms with van der Waals surface area (Å²) in [5, 5.41) is 2.07. The Labute approximate surface area is 256 Å². The summed E-state index contributed by atoms with van der Waals surface area (Å²) in [7, 11) is 6.35. The van der Waals surface area contributed by atoms with Gasteiger partial charge in [0.15, 0.2) is 11.5 Å². The number of hydrogen-bond acceptors (Lipinski definition) is 6. The van der Waals surface area contributed by atoms with E-state index >= 15 is 0 Å². The Bertz CT molecular complexity index is 1830. The first-order chi connectivity index (χ1) is 21.3. The minimum absolute atomic E-state index is 0.00917. The molecule has 2 amide bonds. The predicted octanol–water partition coefficient (Wildman–Crippen LogP) is 6.45. The third-order valence-electron chi connectivity index (χ3n) is 8.80. The molecule has 2 N–H and O–H groups in total. The summed E-state index contributed by atoms with van der Waals surface area (Å²) in [6.07, 6.45) is 4.96. The van der Waals surface area contributed by atoms with E-state index in [4.69, 9.17) is 18.9 Å². The monoisotopic (exact) mass is 595 g/mol. The summed E-state index contributed by atoms with van der Waals surface area (Å²) in [6.45, 7) is 2.40. The topological polar surface area (TPSA) is 106 Å². The predicted molar refractivity (Wildman–Crippen MR) is 169 cm³/mol. The number of ether oxygens (including phenoxy) is 4. The third-order valence-corrected chi connectivity index (χ3v) is 8.80. The molecule has 2 aromatic heterocycles. The zero-order valence-electron chi connectivity index (χ0n) is 25.7. The van der Waals surface area contributed by atoms with Crippen molar-refractivity contribution in [3.63, 3.8) is 0 Å². The van der Waals surface area contributed by atoms with Gasteiger partial charge in [0.2, 0.25) is 17.6 Å². The van der Waals surface area contributed by atoms with E-state index in [0.29, 0.717) is 30.2 Å². The molecule has 0 aliphatic carbocycles. The van der Waals surface area contributed by atoms with Gasteiger partial charge in [0.1, 0.15) is 5.75 Å². The van der Waals surface area contributed by atoms with Crippen LogP contribution in [0.5, 0.6) is 23.0 Å². The van der Waals surface area contributed by atoms with Crippen molar-refractivity contribution >= 4 is 33.6 Å². The number of benzene rings is 3. The molecule has 0 bridgehead atoms. The highest BCUT2D eigenvalue weighted by Gasteiger charge is 2.34. The zero-order valence-corrected chi connectivity index (χ0v) is 25.7. The van der Waals surface area contributed by atoms with E-state index in [1.807, 2.05) is 55.7 Å². The molecule has 1 saturated heterocycles. The molecule has 1 fully saturated rings. The van der Waals surface area contributed by atoms with Crippen LogP contribution in [0.4, 0.5) is 0 Å². The summed E-state index contributed by atoms with van der Waals surface area (Å²) in [5.41, 5.74) is 5.94. The number of amides is 2. The lowest BCUT2D eigenvalue weighted by Gasteiger charge is -2.31. The summed E-state index contributed by atoms with van der Waals surface area (Å²) in [5.74, 6) is 1.50. The number of piperidine rings is 1. The van der Waals surface area contributed by atoms with Gasteiger partial charge in [-0.25, -0.2) is 0 Å². The number of carbonyl (C=O) groups excluding carboxylic acids is 2. The molecule has 3 heterocycles. The molecule has 44 heavy (non-hydrogen) atoms. The first-order valence-electron chi connectivity index (χ1n) is 14.7. The van der Waals surface area contributed by atoms with Crippen LogP contribution in [0.1, 0.15) is 53.4 Å². The lowest BCUT2D eigenvalue weighted by atomic mass is 9.85. The van der Waals surface area contributed by atoms with E-state index in [1.54, 1.807) is 28.4 Å². The molecule has 2 atom stereocenters. The number of H-pyrrole nitrogens is 2. The van der Waals surface area contributed by atoms with Gasteiger partial charge in [0.05, 0.1) is 28.4 Å². The van der Waals surface area contributed by atoms with Crippen molar-refractivity contribution in [3.8, 4) is 23.0 Å². The van der Waals surface area contributed by atoms with Crippen LogP contribution in [0.2, 0.25) is 0 Å². The molecule has 2 unspecified atom stereocenters. The SMILES string of the molecule is COc1ccc2[nH]cc(C3CCN(C(=O)CC(c4cc(OC)c(OC)c(OC)c4)c4c[nH]c5ccc(C)cc45)C(=O)C3)c2c1. The van der Waals surface area contributed by atoms with Gasteiger partial charge in [-0.05, 0) is 78.4 Å². The largest absolute Gasteiger partial charge is 0.497 e. The Balaban J connectivity index is 1.31. The number of aromatic amines is 2. The highest BCUT2D eigenvalue weighted by Crippen LogP contribution is 2.44. The van der Waals surface area contributed by atoms with Crippen molar-refractivity contribution in [1.29, 1.82) is 0 Å². The van der Waals surface area contributed by atoms with E-state index in [-0.39, 0.29) is 36.5 Å². The van der Waals surface area contributed by atoms with E-state index in [9.17, 15) is 9.59 Å². The smallest absolute Gasteiger partial charge is 0.230 e. The van der Waals surface area contributed by atoms with Gasteiger partial charge in [-0.3, -0.25) is 14.5 Å². The zero-order chi connectivity index (χ0) is 31.0. The molecular weight excluding hydrogens is 558 g/mol. The molecule has 1 aliphatic rings. The highest BCUT2D eigenvalue weighted by atomic mass is 16.5. The van der Waals surface area contributed by atoms with Gasteiger partial charge >= 0.3 is 0 Å². The van der Waals surface area contributed by atoms with Gasteiger partial charge in [0.25, 0.3) is 0 Å². The molecule has 1 aliphatic heterocycles. The lowest BCUT2D eigenvalue weighted by molar-refractivity contribution is -0.147. The van der Waals surface area contributed by atoms with Crippen molar-refractivity contribution in [2.24, 2.45) is 0 Å². The third kappa shape index (κ3) is 5.23. The van der Waals surface area contributed by atoms with Crippen LogP contribution in [-0.4, -0.2) is 61.7 Å². The van der Waals surface area contributed by atoms with E-state index in [1.165, 1.54) is 4.90 Å². The van der Waals surface area contributed by atoms with Gasteiger partial charge in [-0.1, -0.05) is 11.6 Å². The lowest BCUT2D eigenvalue weighted by Crippen LogP contribution is -2.42. The summed E-state index contributed by atoms with van der Waals surface area (Å²) in [6, 6.07) is 15.9. The van der Waals surface area contributed by atoms with Crippen LogP contribution in [0.25, 0.3) is 21.8 Å². The number of carbonyl (C=O) groups is 2. The Morgan fingerprint density at radius 3 is 2.27 bits per heavy atom. The number of fused-ring (bicyclic) bond motifs is 2. The van der Waals surface area contributed by atoms with Crippen LogP contribution in [0.3, 0.4) is 0 Å². The number of methoxy groups -OCH3 is 4. The van der Waals surface area contributed by atoms with Gasteiger partial charge < -0.3 is 28.9 Å². The number of nitrogens with zero attached hydrogens (tertiary/aromatic N) is 1. The van der Waals surface area contributed by atoms with Crippen LogP contribution in [0.15, 0.2) is 60.9 Å². The number of nitrogens with one attached hydrogen (secondary N) is 2. The van der Waals surface area contributed by atoms with Gasteiger partial charge in [-0.15, -0.1) is 0 Å². The maximum atomic E-state index is 14.0. The van der Waals surface area contributed by atoms with Crippen molar-refractivity contribution in [1.82, 2.24) is 14.9 Å². The molecule has 9 heteroatoms. The average Bonchev–Trinajstić information content (AvgIpc) is 3.66. The normalized spacial score (nSPS) is 15.9. The molecular formula is C35H37N3O6. The molecule has 5 aromatic rings. The minimum atomic E-state index is -0.377. The molecule has 0 spiro atoms. The second kappa shape index (κ2) is 12.0. The summed E-state index contributed by atoms with van der Waals surface area (Å²) < 4.78 is 22.3. The first-order valence-corrected chi connectivity index (χ1v) is 14.7. The number of aromatic nitrogens is 2. The molecule has 0 saturated carbocycles. The first kappa shape index (κ1) is 29.2. The van der Waals surface area contributed by atoms with Gasteiger partial charge in [0, 0.05) is 59.5 Å². The Morgan fingerprint density at radius 2 is 1.59 bits per heavy atom. The average molecular weight is 596 g/mol. The number of hydrogen-bond donors (Lipinski definition) is 2.